The number of fused-ring (bicyclic) bond motifs is 1. The minimum Gasteiger partial charge on any atom is -0.489 e. The van der Waals surface area contributed by atoms with Gasteiger partial charge in [-0.1, -0.05) is 30.4 Å². The lowest BCUT2D eigenvalue weighted by atomic mass is 10.0. The van der Waals surface area contributed by atoms with Crippen molar-refractivity contribution in [1.29, 1.82) is 5.26 Å². The molecule has 2 atom stereocenters. The monoisotopic (exact) mass is 344 g/mol. The van der Waals surface area contributed by atoms with E-state index in [0.29, 0.717) is 23.6 Å². The zero-order valence-electron chi connectivity index (χ0n) is 13.3. The van der Waals surface area contributed by atoms with E-state index in [1.165, 1.54) is 0 Å². The molecule has 1 N–H and O–H groups in total. The Bertz CT molecular complexity index is 806. The van der Waals surface area contributed by atoms with Gasteiger partial charge in [0.1, 0.15) is 11.9 Å². The molecule has 126 valence electrons. The highest BCUT2D eigenvalue weighted by atomic mass is 32.2. The molecule has 1 aliphatic heterocycles. The lowest BCUT2D eigenvalue weighted by molar-refractivity contribution is 0.171. The number of allylic oxidation sites excluding steroid dienone is 3. The van der Waals surface area contributed by atoms with Crippen molar-refractivity contribution in [3.05, 3.63) is 48.1 Å². The third-order valence-corrected chi connectivity index (χ3v) is 6.37. The quantitative estimate of drug-likeness (QED) is 0.654. The number of rotatable bonds is 5. The molecule has 1 aromatic carbocycles. The second kappa shape index (κ2) is 7.20. The molecular weight excluding hydrogens is 324 g/mol. The van der Waals surface area contributed by atoms with Gasteiger partial charge < -0.3 is 10.1 Å². The van der Waals surface area contributed by atoms with E-state index >= 15 is 0 Å². The smallest absolute Gasteiger partial charge is 0.185 e. The molecule has 1 aromatic rings. The predicted molar refractivity (Wildman–Crippen MR) is 91.5 cm³/mol. The molecule has 2 aliphatic rings. The van der Waals surface area contributed by atoms with Crippen molar-refractivity contribution in [2.45, 2.75) is 35.5 Å². The predicted octanol–water partition coefficient (Wildman–Crippen LogP) is 2.15. The zero-order valence-corrected chi connectivity index (χ0v) is 14.1. The highest BCUT2D eigenvalue weighted by Crippen LogP contribution is 2.32. The molecule has 0 fully saturated rings. The topological polar surface area (TPSA) is 79.2 Å². The van der Waals surface area contributed by atoms with Crippen molar-refractivity contribution in [1.82, 2.24) is 5.32 Å². The van der Waals surface area contributed by atoms with Gasteiger partial charge in [0, 0.05) is 6.54 Å². The van der Waals surface area contributed by atoms with E-state index in [1.807, 2.05) is 24.3 Å². The van der Waals surface area contributed by atoms with Crippen molar-refractivity contribution in [3.8, 4) is 11.8 Å². The second-order valence-corrected chi connectivity index (χ2v) is 8.14. The fourth-order valence-electron chi connectivity index (χ4n) is 2.98. The fraction of sp³-hybridized carbons (Fsp3) is 0.389. The van der Waals surface area contributed by atoms with Crippen LogP contribution >= 0.6 is 0 Å². The Morgan fingerprint density at radius 2 is 2.21 bits per heavy atom. The summed E-state index contributed by atoms with van der Waals surface area (Å²) in [6.07, 6.45) is 9.39. The lowest BCUT2D eigenvalue weighted by Gasteiger charge is -2.27. The van der Waals surface area contributed by atoms with Crippen LogP contribution < -0.4 is 10.1 Å². The average Bonchev–Trinajstić information content (AvgIpc) is 2.62. The Morgan fingerprint density at radius 3 is 2.96 bits per heavy atom. The number of nitriles is 1. The number of hydrogen-bond donors (Lipinski definition) is 1. The van der Waals surface area contributed by atoms with Crippen LogP contribution in [0.3, 0.4) is 0 Å². The second-order valence-electron chi connectivity index (χ2n) is 5.97. The molecule has 5 nitrogen and oxygen atoms in total. The van der Waals surface area contributed by atoms with E-state index in [1.54, 1.807) is 24.3 Å². The third kappa shape index (κ3) is 3.53. The van der Waals surface area contributed by atoms with E-state index in [2.05, 4.69) is 5.32 Å². The average molecular weight is 344 g/mol. The van der Waals surface area contributed by atoms with Crippen LogP contribution in [0.1, 0.15) is 18.4 Å². The molecule has 1 aliphatic carbocycles. The number of benzene rings is 1. The van der Waals surface area contributed by atoms with Crippen LogP contribution in [-0.2, 0) is 16.3 Å². The fourth-order valence-corrected chi connectivity index (χ4v) is 4.52. The molecule has 0 radical (unpaired) electrons. The number of ether oxygens (including phenoxy) is 1. The van der Waals surface area contributed by atoms with Crippen LogP contribution in [0.5, 0.6) is 5.75 Å². The molecule has 0 amide bonds. The first-order valence-corrected chi connectivity index (χ1v) is 9.60. The summed E-state index contributed by atoms with van der Waals surface area (Å²) in [4.78, 5) is 0.303. The molecule has 0 spiro atoms. The first-order chi connectivity index (χ1) is 11.6. The van der Waals surface area contributed by atoms with Crippen LogP contribution in [0.2, 0.25) is 0 Å². The molecular formula is C18H20N2O3S. The van der Waals surface area contributed by atoms with E-state index in [9.17, 15) is 8.42 Å². The molecule has 0 saturated carbocycles. The molecule has 6 heteroatoms. The van der Waals surface area contributed by atoms with Crippen molar-refractivity contribution >= 4 is 9.84 Å². The Morgan fingerprint density at radius 1 is 1.33 bits per heavy atom. The van der Waals surface area contributed by atoms with Gasteiger partial charge in [-0.25, -0.2) is 8.42 Å². The summed E-state index contributed by atoms with van der Waals surface area (Å²) >= 11 is 0. The summed E-state index contributed by atoms with van der Waals surface area (Å²) in [5.41, 5.74) is 1.03. The Kier molecular flexibility index (Phi) is 5.03. The van der Waals surface area contributed by atoms with E-state index in [0.717, 1.165) is 18.4 Å². The molecule has 0 saturated heterocycles. The summed E-state index contributed by atoms with van der Waals surface area (Å²) in [5, 5.41) is 11.1. The van der Waals surface area contributed by atoms with Gasteiger partial charge in [-0.2, -0.15) is 5.26 Å². The van der Waals surface area contributed by atoms with Crippen molar-refractivity contribution in [3.63, 3.8) is 0 Å². The van der Waals surface area contributed by atoms with Gasteiger partial charge in [0.05, 0.1) is 22.8 Å². The maximum absolute atomic E-state index is 12.8. The van der Waals surface area contributed by atoms with Crippen molar-refractivity contribution in [2.75, 3.05) is 13.1 Å². The molecule has 3 rings (SSSR count). The first kappa shape index (κ1) is 16.7. The van der Waals surface area contributed by atoms with Crippen LogP contribution in [0.25, 0.3) is 0 Å². The Hall–Kier alpha value is -2.10. The minimum absolute atomic E-state index is 0.0405. The molecule has 1 unspecified atom stereocenters. The third-order valence-electron chi connectivity index (χ3n) is 4.31. The summed E-state index contributed by atoms with van der Waals surface area (Å²) in [6, 6.07) is 7.21. The first-order valence-electron chi connectivity index (χ1n) is 8.06. The number of aryl methyl sites for hydroxylation is 1. The van der Waals surface area contributed by atoms with Crippen molar-refractivity contribution in [2.24, 2.45) is 0 Å². The standard InChI is InChI=1S/C18H20N2O3S/c19-10-11-20-13-15-8-6-14-7-9-17(12-18(14)23-15)24(21,22)16-4-2-1-3-5-16/h1-4,7,9,12,15-16,20H,5-6,8,11,13H2/t15-,16?/m1/s1. The largest absolute Gasteiger partial charge is 0.489 e. The Labute approximate surface area is 142 Å². The number of nitrogens with one attached hydrogen (secondary N) is 1. The molecule has 1 heterocycles. The van der Waals surface area contributed by atoms with Crippen LogP contribution in [0, 0.1) is 11.3 Å². The van der Waals surface area contributed by atoms with Crippen LogP contribution in [0.4, 0.5) is 0 Å². The van der Waals surface area contributed by atoms with Crippen LogP contribution in [-0.4, -0.2) is 32.9 Å². The number of sulfone groups is 1. The van der Waals surface area contributed by atoms with Gasteiger partial charge in [-0.05, 0) is 37.0 Å². The normalized spacial score (nSPS) is 22.5. The lowest BCUT2D eigenvalue weighted by Crippen LogP contribution is -2.34. The highest BCUT2D eigenvalue weighted by Gasteiger charge is 2.27. The van der Waals surface area contributed by atoms with E-state index in [-0.39, 0.29) is 12.6 Å². The SMILES string of the molecule is N#CCNC[C@H]1CCc2ccc(S(=O)(=O)C3C=CC=CC3)cc2O1. The van der Waals surface area contributed by atoms with Gasteiger partial charge in [-0.3, -0.25) is 0 Å². The van der Waals surface area contributed by atoms with Crippen LogP contribution in [0.15, 0.2) is 47.4 Å². The van der Waals surface area contributed by atoms with E-state index in [4.69, 9.17) is 10.00 Å². The van der Waals surface area contributed by atoms with Gasteiger partial charge in [0.2, 0.25) is 0 Å². The summed E-state index contributed by atoms with van der Waals surface area (Å²) in [7, 11) is -3.41. The molecule has 0 bridgehead atoms. The zero-order chi connectivity index (χ0) is 17.0. The maximum atomic E-state index is 12.8. The minimum atomic E-state index is -3.41. The summed E-state index contributed by atoms with van der Waals surface area (Å²) in [5.74, 6) is 0.640. The maximum Gasteiger partial charge on any atom is 0.185 e. The highest BCUT2D eigenvalue weighted by molar-refractivity contribution is 7.92. The van der Waals surface area contributed by atoms with Gasteiger partial charge in [0.15, 0.2) is 9.84 Å². The van der Waals surface area contributed by atoms with Gasteiger partial charge >= 0.3 is 0 Å². The Balaban J connectivity index is 1.78. The number of nitrogens with zero attached hydrogens (tertiary/aromatic N) is 1. The molecule has 0 aromatic heterocycles. The number of hydrogen-bond acceptors (Lipinski definition) is 5. The summed E-state index contributed by atoms with van der Waals surface area (Å²) < 4.78 is 31.5. The van der Waals surface area contributed by atoms with Gasteiger partial charge in [-0.15, -0.1) is 0 Å². The van der Waals surface area contributed by atoms with Crippen molar-refractivity contribution < 1.29 is 13.2 Å². The summed E-state index contributed by atoms with van der Waals surface area (Å²) in [6.45, 7) is 0.864. The molecule has 24 heavy (non-hydrogen) atoms. The van der Waals surface area contributed by atoms with Gasteiger partial charge in [0.25, 0.3) is 0 Å². The van der Waals surface area contributed by atoms with E-state index < -0.39 is 15.1 Å².